The van der Waals surface area contributed by atoms with Gasteiger partial charge in [-0.1, -0.05) is 11.6 Å². The normalized spacial score (nSPS) is 9.58. The molecule has 0 saturated carbocycles. The molecule has 64 valence electrons. The third-order valence-corrected chi connectivity index (χ3v) is 1.95. The van der Waals surface area contributed by atoms with Crippen LogP contribution in [0.5, 0.6) is 0 Å². The van der Waals surface area contributed by atoms with Crippen LogP contribution in [0.3, 0.4) is 0 Å². The Kier molecular flexibility index (Phi) is 2.76. The molecular formula is C9H10O2S. The maximum atomic E-state index is 11.1. The van der Waals surface area contributed by atoms with Crippen LogP contribution in [0.1, 0.15) is 15.9 Å². The number of thiol groups is 1. The average Bonchev–Trinajstić information content (AvgIpc) is 2.08. The van der Waals surface area contributed by atoms with Crippen LogP contribution in [-0.4, -0.2) is 13.1 Å². The Morgan fingerprint density at radius 2 is 2.17 bits per heavy atom. The quantitative estimate of drug-likeness (QED) is 0.531. The van der Waals surface area contributed by atoms with Gasteiger partial charge in [-0.05, 0) is 19.1 Å². The van der Waals surface area contributed by atoms with E-state index in [0.717, 1.165) is 5.56 Å². The highest BCUT2D eigenvalue weighted by Crippen LogP contribution is 2.15. The molecule has 1 aromatic carbocycles. The van der Waals surface area contributed by atoms with E-state index in [1.807, 2.05) is 13.0 Å². The zero-order chi connectivity index (χ0) is 9.14. The molecule has 12 heavy (non-hydrogen) atoms. The Bertz CT molecular complexity index is 307. The number of hydrogen-bond donors (Lipinski definition) is 1. The molecule has 2 nitrogen and oxygen atoms in total. The van der Waals surface area contributed by atoms with E-state index in [9.17, 15) is 4.79 Å². The van der Waals surface area contributed by atoms with Crippen LogP contribution in [0, 0.1) is 6.92 Å². The van der Waals surface area contributed by atoms with Crippen molar-refractivity contribution in [2.75, 3.05) is 7.11 Å². The molecule has 0 aliphatic carbocycles. The van der Waals surface area contributed by atoms with Gasteiger partial charge >= 0.3 is 5.97 Å². The molecule has 0 atom stereocenters. The van der Waals surface area contributed by atoms with Crippen LogP contribution >= 0.6 is 12.6 Å². The topological polar surface area (TPSA) is 26.3 Å². The lowest BCUT2D eigenvalue weighted by molar-refractivity contribution is 0.0597. The first-order valence-corrected chi connectivity index (χ1v) is 3.98. The van der Waals surface area contributed by atoms with Crippen molar-refractivity contribution in [3.63, 3.8) is 0 Å². The van der Waals surface area contributed by atoms with Crippen molar-refractivity contribution in [2.45, 2.75) is 11.8 Å². The number of hydrogen-bond acceptors (Lipinski definition) is 3. The van der Waals surface area contributed by atoms with Crippen LogP contribution in [0.4, 0.5) is 0 Å². The molecule has 0 saturated heterocycles. The number of carbonyl (C=O) groups excluding carboxylic acids is 1. The molecule has 0 bridgehead atoms. The van der Waals surface area contributed by atoms with Crippen LogP contribution in [0.2, 0.25) is 0 Å². The molecule has 0 radical (unpaired) electrons. The minimum atomic E-state index is -0.344. The van der Waals surface area contributed by atoms with Gasteiger partial charge in [-0.3, -0.25) is 0 Å². The van der Waals surface area contributed by atoms with Crippen molar-refractivity contribution >= 4 is 18.6 Å². The van der Waals surface area contributed by atoms with Crippen molar-refractivity contribution in [3.05, 3.63) is 29.3 Å². The van der Waals surface area contributed by atoms with Crippen molar-refractivity contribution in [3.8, 4) is 0 Å². The number of rotatable bonds is 1. The summed E-state index contributed by atoms with van der Waals surface area (Å²) in [5.41, 5.74) is 1.54. The summed E-state index contributed by atoms with van der Waals surface area (Å²) < 4.78 is 4.58. The maximum Gasteiger partial charge on any atom is 0.338 e. The number of benzene rings is 1. The Hall–Kier alpha value is -0.960. The summed E-state index contributed by atoms with van der Waals surface area (Å²) in [4.78, 5) is 11.8. The fraction of sp³-hybridized carbons (Fsp3) is 0.222. The smallest absolute Gasteiger partial charge is 0.338 e. The van der Waals surface area contributed by atoms with Gasteiger partial charge in [0.15, 0.2) is 0 Å². The summed E-state index contributed by atoms with van der Waals surface area (Å²) in [7, 11) is 1.36. The van der Waals surface area contributed by atoms with E-state index in [2.05, 4.69) is 17.4 Å². The lowest BCUT2D eigenvalue weighted by atomic mass is 10.1. The van der Waals surface area contributed by atoms with Crippen LogP contribution in [0.15, 0.2) is 23.1 Å². The zero-order valence-corrected chi connectivity index (χ0v) is 7.89. The van der Waals surface area contributed by atoms with E-state index in [1.165, 1.54) is 7.11 Å². The first-order chi connectivity index (χ1) is 5.65. The maximum absolute atomic E-state index is 11.1. The molecule has 0 unspecified atom stereocenters. The van der Waals surface area contributed by atoms with Crippen molar-refractivity contribution in [1.29, 1.82) is 0 Å². The van der Waals surface area contributed by atoms with Crippen molar-refractivity contribution in [2.24, 2.45) is 0 Å². The molecule has 0 spiro atoms. The average molecular weight is 182 g/mol. The Balaban J connectivity index is 3.13. The summed E-state index contributed by atoms with van der Waals surface area (Å²) in [6, 6.07) is 5.44. The zero-order valence-electron chi connectivity index (χ0n) is 7.00. The summed E-state index contributed by atoms with van der Waals surface area (Å²) in [5.74, 6) is -0.344. The Labute approximate surface area is 77.0 Å². The second-order valence-corrected chi connectivity index (χ2v) is 2.99. The highest BCUT2D eigenvalue weighted by Gasteiger charge is 2.08. The monoisotopic (exact) mass is 182 g/mol. The fourth-order valence-corrected chi connectivity index (χ4v) is 1.15. The van der Waals surface area contributed by atoms with Crippen LogP contribution in [0.25, 0.3) is 0 Å². The van der Waals surface area contributed by atoms with Gasteiger partial charge in [0, 0.05) is 4.90 Å². The van der Waals surface area contributed by atoms with Gasteiger partial charge in [-0.25, -0.2) is 4.79 Å². The summed E-state index contributed by atoms with van der Waals surface area (Å²) in [6.07, 6.45) is 0. The van der Waals surface area contributed by atoms with Gasteiger partial charge in [0.1, 0.15) is 0 Å². The van der Waals surface area contributed by atoms with E-state index in [0.29, 0.717) is 10.5 Å². The first kappa shape index (κ1) is 9.13. The second-order valence-electron chi connectivity index (χ2n) is 2.51. The van der Waals surface area contributed by atoms with Crippen molar-refractivity contribution < 1.29 is 9.53 Å². The highest BCUT2D eigenvalue weighted by molar-refractivity contribution is 7.80. The molecule has 1 aromatic rings. The summed E-state index contributed by atoms with van der Waals surface area (Å²) in [5, 5.41) is 0. The molecule has 1 rings (SSSR count). The minimum absolute atomic E-state index is 0.344. The molecule has 0 N–H and O–H groups in total. The number of esters is 1. The van der Waals surface area contributed by atoms with Gasteiger partial charge in [-0.2, -0.15) is 0 Å². The van der Waals surface area contributed by atoms with E-state index < -0.39 is 0 Å². The SMILES string of the molecule is COC(=O)c1cc(C)ccc1S. The van der Waals surface area contributed by atoms with Gasteiger partial charge < -0.3 is 4.74 Å². The molecular weight excluding hydrogens is 172 g/mol. The number of ether oxygens (including phenoxy) is 1. The predicted molar refractivity (Wildman–Crippen MR) is 49.8 cm³/mol. The standard InChI is InChI=1S/C9H10O2S/c1-6-3-4-8(12)7(5-6)9(10)11-2/h3-5,12H,1-2H3. The lowest BCUT2D eigenvalue weighted by Crippen LogP contribution is -2.02. The first-order valence-electron chi connectivity index (χ1n) is 3.53. The van der Waals surface area contributed by atoms with Crippen LogP contribution < -0.4 is 0 Å². The molecule has 0 heterocycles. The van der Waals surface area contributed by atoms with Gasteiger partial charge in [0.05, 0.1) is 12.7 Å². The molecule has 0 fully saturated rings. The van der Waals surface area contributed by atoms with Crippen LogP contribution in [-0.2, 0) is 4.74 Å². The van der Waals surface area contributed by atoms with Crippen molar-refractivity contribution in [1.82, 2.24) is 0 Å². The predicted octanol–water partition coefficient (Wildman–Crippen LogP) is 2.07. The van der Waals surface area contributed by atoms with Gasteiger partial charge in [-0.15, -0.1) is 12.6 Å². The van der Waals surface area contributed by atoms with E-state index in [1.54, 1.807) is 12.1 Å². The lowest BCUT2D eigenvalue weighted by Gasteiger charge is -2.03. The summed E-state index contributed by atoms with van der Waals surface area (Å²) >= 11 is 4.14. The van der Waals surface area contributed by atoms with Gasteiger partial charge in [0.2, 0.25) is 0 Å². The second kappa shape index (κ2) is 3.63. The fourth-order valence-electron chi connectivity index (χ4n) is 0.923. The largest absolute Gasteiger partial charge is 0.465 e. The van der Waals surface area contributed by atoms with Gasteiger partial charge in [0.25, 0.3) is 0 Å². The number of methoxy groups -OCH3 is 1. The molecule has 3 heteroatoms. The Morgan fingerprint density at radius 1 is 1.50 bits per heavy atom. The minimum Gasteiger partial charge on any atom is -0.465 e. The molecule has 0 aliphatic rings. The van der Waals surface area contributed by atoms with E-state index >= 15 is 0 Å². The molecule has 0 aromatic heterocycles. The molecule has 0 aliphatic heterocycles. The number of aryl methyl sites for hydroxylation is 1. The van der Waals surface area contributed by atoms with E-state index in [-0.39, 0.29) is 5.97 Å². The molecule has 0 amide bonds. The van der Waals surface area contributed by atoms with E-state index in [4.69, 9.17) is 0 Å². The third kappa shape index (κ3) is 1.80. The Morgan fingerprint density at radius 3 is 2.75 bits per heavy atom. The highest BCUT2D eigenvalue weighted by atomic mass is 32.1. The third-order valence-electron chi connectivity index (χ3n) is 1.56. The number of carbonyl (C=O) groups is 1. The summed E-state index contributed by atoms with van der Waals surface area (Å²) in [6.45, 7) is 1.92.